The average Bonchev–Trinajstić information content (AvgIpc) is 3.02. The Hall–Kier alpha value is -1.47. The molecule has 0 fully saturated rings. The molecule has 18 heavy (non-hydrogen) atoms. The maximum atomic E-state index is 10.2. The van der Waals surface area contributed by atoms with Gasteiger partial charge in [0.1, 0.15) is 24.0 Å². The monoisotopic (exact) mass is 286 g/mol. The second-order valence-electron chi connectivity index (χ2n) is 3.36. The highest BCUT2D eigenvalue weighted by Gasteiger charge is 2.20. The number of carbonyl (C=O) groups is 1. The van der Waals surface area contributed by atoms with Crippen LogP contribution in [0.1, 0.15) is 17.2 Å². The van der Waals surface area contributed by atoms with Crippen molar-refractivity contribution in [2.75, 3.05) is 6.61 Å². The fourth-order valence-electron chi connectivity index (χ4n) is 1.52. The maximum Gasteiger partial charge on any atom is 0.293 e. The number of halogens is 1. The first-order valence-corrected chi connectivity index (χ1v) is 6.60. The Bertz CT molecular complexity index is 527. The smallest absolute Gasteiger partial charge is 0.293 e. The molecule has 0 aliphatic heterocycles. The van der Waals surface area contributed by atoms with Gasteiger partial charge in [0.25, 0.3) is 6.47 Å². The van der Waals surface area contributed by atoms with Gasteiger partial charge in [-0.15, -0.1) is 22.9 Å². The summed E-state index contributed by atoms with van der Waals surface area (Å²) in [5, 5.41) is 3.66. The van der Waals surface area contributed by atoms with Crippen LogP contribution < -0.4 is 0 Å². The molecule has 2 aromatic rings. The zero-order valence-electron chi connectivity index (χ0n) is 9.62. The Labute approximate surface area is 113 Å². The highest BCUT2D eigenvalue weighted by atomic mass is 35.5. The molecular weight excluding hydrogens is 276 g/mol. The lowest BCUT2D eigenvalue weighted by Gasteiger charge is -2.08. The maximum absolute atomic E-state index is 10.2. The topological polar surface area (TPSA) is 69.9 Å². The molecule has 0 aromatic carbocycles. The Kier molecular flexibility index (Phi) is 4.27. The summed E-state index contributed by atoms with van der Waals surface area (Å²) in [6.45, 7) is 3.16. The molecule has 0 amide bonds. The molecule has 1 unspecified atom stereocenters. The number of hydrogen-bond donors (Lipinski definition) is 0. The number of rotatable bonds is 6. The molecule has 0 saturated carbocycles. The number of alkyl halides is 1. The molecule has 96 valence electrons. The molecule has 0 radical (unpaired) electrons. The van der Waals surface area contributed by atoms with E-state index >= 15 is 0 Å². The minimum absolute atomic E-state index is 0.112. The van der Waals surface area contributed by atoms with Crippen LogP contribution in [0, 0.1) is 0 Å². The van der Waals surface area contributed by atoms with Gasteiger partial charge in [-0.25, -0.2) is 14.6 Å². The van der Waals surface area contributed by atoms with Crippen LogP contribution in [0.5, 0.6) is 0 Å². The van der Waals surface area contributed by atoms with Crippen LogP contribution in [0.25, 0.3) is 11.5 Å². The molecule has 2 rings (SSSR count). The van der Waals surface area contributed by atoms with Crippen LogP contribution in [0.4, 0.5) is 0 Å². The highest BCUT2D eigenvalue weighted by Crippen LogP contribution is 2.33. The first kappa shape index (κ1) is 13.0. The molecule has 0 spiro atoms. The standard InChI is InChI=1S/C10H11ClN4O2S/c1-2-15-10(12-4-14-15)8-9(18-5-13-8)7(11)3-17-6-16/h4-7H,2-3H2,1H3. The lowest BCUT2D eigenvalue weighted by molar-refractivity contribution is -0.128. The molecule has 8 heteroatoms. The fourth-order valence-corrected chi connectivity index (χ4v) is 2.60. The van der Waals surface area contributed by atoms with E-state index in [-0.39, 0.29) is 6.61 Å². The number of hydrogen-bond acceptors (Lipinski definition) is 6. The van der Waals surface area contributed by atoms with Gasteiger partial charge in [-0.05, 0) is 6.92 Å². The van der Waals surface area contributed by atoms with Crippen LogP contribution in [-0.2, 0) is 16.1 Å². The van der Waals surface area contributed by atoms with Crippen LogP contribution in [-0.4, -0.2) is 32.8 Å². The molecule has 0 N–H and O–H groups in total. The Morgan fingerprint density at radius 3 is 3.17 bits per heavy atom. The van der Waals surface area contributed by atoms with Crippen LogP contribution in [0.2, 0.25) is 0 Å². The second-order valence-corrected chi connectivity index (χ2v) is 4.77. The highest BCUT2D eigenvalue weighted by molar-refractivity contribution is 7.10. The third-order valence-corrected chi connectivity index (χ3v) is 3.73. The average molecular weight is 287 g/mol. The van der Waals surface area contributed by atoms with Gasteiger partial charge < -0.3 is 4.74 Å². The molecule has 1 atom stereocenters. The van der Waals surface area contributed by atoms with E-state index in [4.69, 9.17) is 11.6 Å². The zero-order valence-corrected chi connectivity index (χ0v) is 11.2. The molecule has 0 bridgehead atoms. The van der Waals surface area contributed by atoms with E-state index in [1.54, 1.807) is 10.2 Å². The SMILES string of the molecule is CCn1ncnc1-c1ncsc1C(Cl)COC=O. The predicted octanol–water partition coefficient (Wildman–Crippen LogP) is 1.87. The van der Waals surface area contributed by atoms with Gasteiger partial charge in [0, 0.05) is 6.54 Å². The molecule has 0 aliphatic carbocycles. The van der Waals surface area contributed by atoms with Gasteiger partial charge in [-0.2, -0.15) is 5.10 Å². The number of aryl methyl sites for hydroxylation is 1. The lowest BCUT2D eigenvalue weighted by atomic mass is 10.2. The second kappa shape index (κ2) is 5.92. The number of carbonyl (C=O) groups excluding carboxylic acids is 1. The van der Waals surface area contributed by atoms with E-state index in [1.165, 1.54) is 17.7 Å². The third-order valence-electron chi connectivity index (χ3n) is 2.32. The number of thiazole rings is 1. The van der Waals surface area contributed by atoms with Crippen LogP contribution in [0.15, 0.2) is 11.8 Å². The normalized spacial score (nSPS) is 12.3. The summed E-state index contributed by atoms with van der Waals surface area (Å²) in [5.74, 6) is 0.672. The van der Waals surface area contributed by atoms with E-state index in [9.17, 15) is 4.79 Å². The summed E-state index contributed by atoms with van der Waals surface area (Å²) in [5.41, 5.74) is 2.38. The lowest BCUT2D eigenvalue weighted by Crippen LogP contribution is -2.04. The van der Waals surface area contributed by atoms with Crippen LogP contribution in [0.3, 0.4) is 0 Å². The van der Waals surface area contributed by atoms with Crippen molar-refractivity contribution in [1.82, 2.24) is 19.7 Å². The summed E-state index contributed by atoms with van der Waals surface area (Å²) in [4.78, 5) is 19.4. The molecule has 2 heterocycles. The fraction of sp³-hybridized carbons (Fsp3) is 0.400. The molecule has 0 aliphatic rings. The summed E-state index contributed by atoms with van der Waals surface area (Å²) in [7, 11) is 0. The van der Waals surface area contributed by atoms with Gasteiger partial charge in [-0.1, -0.05) is 0 Å². The Morgan fingerprint density at radius 1 is 1.61 bits per heavy atom. The first-order chi connectivity index (χ1) is 8.77. The minimum Gasteiger partial charge on any atom is -0.466 e. The van der Waals surface area contributed by atoms with E-state index < -0.39 is 5.38 Å². The third kappa shape index (κ3) is 2.51. The van der Waals surface area contributed by atoms with Crippen molar-refractivity contribution >= 4 is 29.4 Å². The first-order valence-electron chi connectivity index (χ1n) is 5.28. The molecule has 2 aromatic heterocycles. The van der Waals surface area contributed by atoms with Crippen molar-refractivity contribution in [3.8, 4) is 11.5 Å². The van der Waals surface area contributed by atoms with Crippen molar-refractivity contribution in [2.24, 2.45) is 0 Å². The van der Waals surface area contributed by atoms with Gasteiger partial charge in [0.15, 0.2) is 5.82 Å². The van der Waals surface area contributed by atoms with Gasteiger partial charge in [0.05, 0.1) is 10.4 Å². The summed E-state index contributed by atoms with van der Waals surface area (Å²) < 4.78 is 6.41. The Morgan fingerprint density at radius 2 is 2.44 bits per heavy atom. The predicted molar refractivity (Wildman–Crippen MR) is 67.4 cm³/mol. The van der Waals surface area contributed by atoms with E-state index in [0.717, 1.165) is 4.88 Å². The van der Waals surface area contributed by atoms with Crippen molar-refractivity contribution in [3.05, 3.63) is 16.7 Å². The van der Waals surface area contributed by atoms with Gasteiger partial charge >= 0.3 is 0 Å². The Balaban J connectivity index is 2.30. The number of aromatic nitrogens is 4. The summed E-state index contributed by atoms with van der Waals surface area (Å²) in [6, 6.07) is 0. The summed E-state index contributed by atoms with van der Waals surface area (Å²) >= 11 is 7.58. The van der Waals surface area contributed by atoms with Gasteiger partial charge in [-0.3, -0.25) is 4.79 Å². The van der Waals surface area contributed by atoms with Crippen molar-refractivity contribution in [2.45, 2.75) is 18.8 Å². The van der Waals surface area contributed by atoms with Crippen LogP contribution >= 0.6 is 22.9 Å². The van der Waals surface area contributed by atoms with Crippen molar-refractivity contribution < 1.29 is 9.53 Å². The number of ether oxygens (including phenoxy) is 1. The van der Waals surface area contributed by atoms with Crippen molar-refractivity contribution in [1.29, 1.82) is 0 Å². The minimum atomic E-state index is -0.431. The van der Waals surface area contributed by atoms with E-state index in [0.29, 0.717) is 24.5 Å². The number of nitrogens with zero attached hydrogens (tertiary/aromatic N) is 4. The van der Waals surface area contributed by atoms with Crippen molar-refractivity contribution in [3.63, 3.8) is 0 Å². The zero-order chi connectivity index (χ0) is 13.0. The molecule has 6 nitrogen and oxygen atoms in total. The van der Waals surface area contributed by atoms with Gasteiger partial charge in [0.2, 0.25) is 0 Å². The summed E-state index contributed by atoms with van der Waals surface area (Å²) in [6.07, 6.45) is 1.48. The quantitative estimate of drug-likeness (QED) is 0.599. The van der Waals surface area contributed by atoms with E-state index in [2.05, 4.69) is 19.8 Å². The largest absolute Gasteiger partial charge is 0.466 e. The van der Waals surface area contributed by atoms with E-state index in [1.807, 2.05) is 6.92 Å². The molecule has 0 saturated heterocycles. The molecular formula is C10H11ClN4O2S.